The van der Waals surface area contributed by atoms with Crippen molar-refractivity contribution in [3.8, 4) is 0 Å². The zero-order valence-corrected chi connectivity index (χ0v) is 11.0. The molecule has 0 aromatic heterocycles. The van der Waals surface area contributed by atoms with Gasteiger partial charge in [0.05, 0.1) is 12.3 Å². The molecule has 0 bridgehead atoms. The van der Waals surface area contributed by atoms with E-state index in [9.17, 15) is 4.39 Å². The summed E-state index contributed by atoms with van der Waals surface area (Å²) in [7, 11) is 1.71. The van der Waals surface area contributed by atoms with Gasteiger partial charge in [0.15, 0.2) is 0 Å². The fourth-order valence-corrected chi connectivity index (χ4v) is 2.49. The number of benzene rings is 1. The average Bonchev–Trinajstić information content (AvgIpc) is 2.77. The van der Waals surface area contributed by atoms with Crippen molar-refractivity contribution in [3.63, 3.8) is 0 Å². The molecule has 0 aliphatic carbocycles. The first-order valence-electron chi connectivity index (χ1n) is 6.40. The molecule has 3 nitrogen and oxygen atoms in total. The van der Waals surface area contributed by atoms with Gasteiger partial charge in [-0.2, -0.15) is 0 Å². The van der Waals surface area contributed by atoms with Crippen LogP contribution >= 0.6 is 0 Å². The Morgan fingerprint density at radius 2 is 2.33 bits per heavy atom. The van der Waals surface area contributed by atoms with Crippen LogP contribution in [0.15, 0.2) is 18.2 Å². The van der Waals surface area contributed by atoms with Crippen molar-refractivity contribution in [2.24, 2.45) is 11.7 Å². The molecule has 1 heterocycles. The van der Waals surface area contributed by atoms with Gasteiger partial charge in [0.2, 0.25) is 0 Å². The van der Waals surface area contributed by atoms with Crippen LogP contribution in [-0.2, 0) is 4.74 Å². The Morgan fingerprint density at radius 1 is 1.56 bits per heavy atom. The van der Waals surface area contributed by atoms with Crippen LogP contribution in [0.4, 0.5) is 10.1 Å². The van der Waals surface area contributed by atoms with Crippen molar-refractivity contribution in [3.05, 3.63) is 29.6 Å². The Balaban J connectivity index is 2.10. The third-order valence-corrected chi connectivity index (χ3v) is 3.53. The molecule has 0 amide bonds. The molecule has 100 valence electrons. The standard InChI is InChI=1S/C14H21FN2O/c1-10(16)12-3-4-14(13(15)7-12)17-6-5-11(8-17)9-18-2/h3-4,7,10-11H,5-6,8-9,16H2,1-2H3/t10-,11?/m1/s1. The summed E-state index contributed by atoms with van der Waals surface area (Å²) in [4.78, 5) is 2.09. The number of halogens is 1. The molecule has 4 heteroatoms. The molecular formula is C14H21FN2O. The second kappa shape index (κ2) is 5.67. The van der Waals surface area contributed by atoms with E-state index < -0.39 is 0 Å². The number of nitrogens with two attached hydrogens (primary N) is 1. The third kappa shape index (κ3) is 2.82. The SMILES string of the molecule is COCC1CCN(c2ccc([C@@H](C)N)cc2F)C1. The predicted molar refractivity (Wildman–Crippen MR) is 71.2 cm³/mol. The van der Waals surface area contributed by atoms with E-state index in [4.69, 9.17) is 10.5 Å². The molecule has 1 aliphatic heterocycles. The van der Waals surface area contributed by atoms with Gasteiger partial charge in [-0.05, 0) is 31.0 Å². The van der Waals surface area contributed by atoms with E-state index in [1.165, 1.54) is 0 Å². The van der Waals surface area contributed by atoms with Gasteiger partial charge in [-0.3, -0.25) is 0 Å². The van der Waals surface area contributed by atoms with Gasteiger partial charge in [0, 0.05) is 32.2 Å². The summed E-state index contributed by atoms with van der Waals surface area (Å²) in [5.41, 5.74) is 7.27. The van der Waals surface area contributed by atoms with Crippen LogP contribution < -0.4 is 10.6 Å². The molecule has 1 aliphatic rings. The summed E-state index contributed by atoms with van der Waals surface area (Å²) in [5, 5.41) is 0. The predicted octanol–water partition coefficient (Wildman–Crippen LogP) is 2.32. The van der Waals surface area contributed by atoms with E-state index in [-0.39, 0.29) is 11.9 Å². The summed E-state index contributed by atoms with van der Waals surface area (Å²) in [6, 6.07) is 5.16. The van der Waals surface area contributed by atoms with E-state index in [1.54, 1.807) is 13.2 Å². The van der Waals surface area contributed by atoms with Crippen molar-refractivity contribution in [2.45, 2.75) is 19.4 Å². The van der Waals surface area contributed by atoms with Crippen molar-refractivity contribution < 1.29 is 9.13 Å². The lowest BCUT2D eigenvalue weighted by Gasteiger charge is -2.20. The van der Waals surface area contributed by atoms with Crippen LogP contribution in [0.1, 0.15) is 24.9 Å². The summed E-state index contributed by atoms with van der Waals surface area (Å²) < 4.78 is 19.2. The summed E-state index contributed by atoms with van der Waals surface area (Å²) in [5.74, 6) is 0.324. The molecule has 1 aromatic rings. The normalized spacial score (nSPS) is 21.3. The monoisotopic (exact) mass is 252 g/mol. The lowest BCUT2D eigenvalue weighted by Crippen LogP contribution is -2.22. The summed E-state index contributed by atoms with van der Waals surface area (Å²) in [6.07, 6.45) is 1.06. The number of anilines is 1. The van der Waals surface area contributed by atoms with Gasteiger partial charge in [-0.25, -0.2) is 4.39 Å². The number of nitrogens with zero attached hydrogens (tertiary/aromatic N) is 1. The van der Waals surface area contributed by atoms with Gasteiger partial charge < -0.3 is 15.4 Å². The van der Waals surface area contributed by atoms with Crippen molar-refractivity contribution in [1.82, 2.24) is 0 Å². The third-order valence-electron chi connectivity index (χ3n) is 3.53. The Labute approximate surface area is 108 Å². The minimum atomic E-state index is -0.178. The number of ether oxygens (including phenoxy) is 1. The van der Waals surface area contributed by atoms with E-state index in [0.29, 0.717) is 11.6 Å². The lowest BCUT2D eigenvalue weighted by atomic mass is 10.1. The van der Waals surface area contributed by atoms with Gasteiger partial charge in [0.1, 0.15) is 5.82 Å². The van der Waals surface area contributed by atoms with E-state index in [0.717, 1.165) is 31.7 Å². The smallest absolute Gasteiger partial charge is 0.146 e. The molecular weight excluding hydrogens is 231 g/mol. The quantitative estimate of drug-likeness (QED) is 0.893. The van der Waals surface area contributed by atoms with Gasteiger partial charge in [0.25, 0.3) is 0 Å². The van der Waals surface area contributed by atoms with Crippen molar-refractivity contribution >= 4 is 5.69 Å². The summed E-state index contributed by atoms with van der Waals surface area (Å²) >= 11 is 0. The zero-order chi connectivity index (χ0) is 13.1. The highest BCUT2D eigenvalue weighted by molar-refractivity contribution is 5.50. The highest BCUT2D eigenvalue weighted by atomic mass is 19.1. The topological polar surface area (TPSA) is 38.5 Å². The molecule has 1 fully saturated rings. The van der Waals surface area contributed by atoms with Crippen LogP contribution in [0.3, 0.4) is 0 Å². The van der Waals surface area contributed by atoms with Crippen LogP contribution in [0.2, 0.25) is 0 Å². The Morgan fingerprint density at radius 3 is 2.94 bits per heavy atom. The van der Waals surface area contributed by atoms with E-state index >= 15 is 0 Å². The van der Waals surface area contributed by atoms with Gasteiger partial charge in [-0.1, -0.05) is 6.07 Å². The number of rotatable bonds is 4. The maximum absolute atomic E-state index is 14.0. The highest BCUT2D eigenvalue weighted by Gasteiger charge is 2.24. The first-order valence-corrected chi connectivity index (χ1v) is 6.40. The largest absolute Gasteiger partial charge is 0.384 e. The molecule has 0 spiro atoms. The molecule has 18 heavy (non-hydrogen) atoms. The molecule has 1 saturated heterocycles. The fourth-order valence-electron chi connectivity index (χ4n) is 2.49. The van der Waals surface area contributed by atoms with Crippen LogP contribution in [0.25, 0.3) is 0 Å². The number of hydrogen-bond donors (Lipinski definition) is 1. The second-order valence-corrected chi connectivity index (χ2v) is 5.06. The Kier molecular flexibility index (Phi) is 4.19. The maximum Gasteiger partial charge on any atom is 0.146 e. The van der Waals surface area contributed by atoms with Crippen molar-refractivity contribution in [2.75, 3.05) is 31.7 Å². The van der Waals surface area contributed by atoms with Gasteiger partial charge in [-0.15, -0.1) is 0 Å². The molecule has 2 atom stereocenters. The van der Waals surface area contributed by atoms with Crippen LogP contribution in [-0.4, -0.2) is 26.8 Å². The lowest BCUT2D eigenvalue weighted by molar-refractivity contribution is 0.161. The Bertz CT molecular complexity index is 409. The number of hydrogen-bond acceptors (Lipinski definition) is 3. The molecule has 2 rings (SSSR count). The van der Waals surface area contributed by atoms with E-state index in [2.05, 4.69) is 4.90 Å². The number of methoxy groups -OCH3 is 1. The molecule has 0 radical (unpaired) electrons. The molecule has 0 saturated carbocycles. The summed E-state index contributed by atoms with van der Waals surface area (Å²) in [6.45, 7) is 4.36. The average molecular weight is 252 g/mol. The molecule has 2 N–H and O–H groups in total. The highest BCUT2D eigenvalue weighted by Crippen LogP contribution is 2.28. The van der Waals surface area contributed by atoms with Crippen LogP contribution in [0, 0.1) is 11.7 Å². The second-order valence-electron chi connectivity index (χ2n) is 5.06. The molecule has 1 unspecified atom stereocenters. The fraction of sp³-hybridized carbons (Fsp3) is 0.571. The van der Waals surface area contributed by atoms with Crippen molar-refractivity contribution in [1.29, 1.82) is 0 Å². The van der Waals surface area contributed by atoms with E-state index in [1.807, 2.05) is 19.1 Å². The first kappa shape index (κ1) is 13.3. The Hall–Kier alpha value is -1.13. The minimum Gasteiger partial charge on any atom is -0.384 e. The van der Waals surface area contributed by atoms with Crippen LogP contribution in [0.5, 0.6) is 0 Å². The molecule has 1 aromatic carbocycles. The minimum absolute atomic E-state index is 0.131. The maximum atomic E-state index is 14.0. The zero-order valence-electron chi connectivity index (χ0n) is 11.0. The first-order chi connectivity index (χ1) is 8.61. The van der Waals surface area contributed by atoms with Gasteiger partial charge >= 0.3 is 0 Å².